The number of carbonyl (C=O) groups excluding carboxylic acids is 1. The molecule has 3 aromatic rings. The summed E-state index contributed by atoms with van der Waals surface area (Å²) < 4.78 is 11.5. The van der Waals surface area contributed by atoms with Crippen molar-refractivity contribution >= 4 is 11.6 Å². The van der Waals surface area contributed by atoms with Crippen LogP contribution in [0.5, 0.6) is 11.5 Å². The molecule has 0 saturated heterocycles. The number of rotatable bonds is 5. The molecule has 26 heavy (non-hydrogen) atoms. The van der Waals surface area contributed by atoms with Crippen LogP contribution in [0.2, 0.25) is 0 Å². The topological polar surface area (TPSA) is 82.5 Å². The highest BCUT2D eigenvalue weighted by Crippen LogP contribution is 2.20. The molecule has 0 bridgehead atoms. The van der Waals surface area contributed by atoms with Gasteiger partial charge in [-0.15, -0.1) is 0 Å². The number of carbonyl (C=O) groups is 1. The van der Waals surface area contributed by atoms with E-state index >= 15 is 0 Å². The molecule has 3 rings (SSSR count). The highest BCUT2D eigenvalue weighted by molar-refractivity contribution is 6.04. The van der Waals surface area contributed by atoms with Gasteiger partial charge in [-0.2, -0.15) is 9.78 Å². The van der Waals surface area contributed by atoms with Crippen LogP contribution < -0.4 is 20.3 Å². The minimum absolute atomic E-state index is 0.00114. The summed E-state index contributed by atoms with van der Waals surface area (Å²) >= 11 is 0. The summed E-state index contributed by atoms with van der Waals surface area (Å²) in [6.45, 7) is 0. The van der Waals surface area contributed by atoms with Gasteiger partial charge in [-0.3, -0.25) is 9.59 Å². The van der Waals surface area contributed by atoms with E-state index in [1.807, 2.05) is 6.07 Å². The van der Waals surface area contributed by atoms with Gasteiger partial charge in [0.2, 0.25) is 0 Å². The van der Waals surface area contributed by atoms with Crippen LogP contribution >= 0.6 is 0 Å². The molecule has 1 heterocycles. The van der Waals surface area contributed by atoms with E-state index in [2.05, 4.69) is 10.4 Å². The van der Waals surface area contributed by atoms with E-state index in [1.54, 1.807) is 55.6 Å². The summed E-state index contributed by atoms with van der Waals surface area (Å²) in [5.41, 5.74) is 0.691. The maximum absolute atomic E-state index is 12.7. The van der Waals surface area contributed by atoms with Crippen LogP contribution in [0.3, 0.4) is 0 Å². The Kier molecular flexibility index (Phi) is 4.98. The van der Waals surface area contributed by atoms with Crippen molar-refractivity contribution in [2.75, 3.05) is 19.5 Å². The van der Waals surface area contributed by atoms with Crippen molar-refractivity contribution in [3.05, 3.63) is 76.7 Å². The van der Waals surface area contributed by atoms with Gasteiger partial charge in [-0.1, -0.05) is 24.3 Å². The minimum Gasteiger partial charge on any atom is -0.497 e. The largest absolute Gasteiger partial charge is 0.497 e. The molecule has 2 aromatic carbocycles. The number of aromatic nitrogens is 2. The molecule has 0 aliphatic rings. The SMILES string of the molecule is COc1cccc(NC(=O)c2nn(-c3ccccc3)c(=O)cc2OC)c1. The molecule has 0 aliphatic heterocycles. The Bertz CT molecular complexity index is 984. The molecule has 0 atom stereocenters. The summed E-state index contributed by atoms with van der Waals surface area (Å²) in [7, 11) is 2.92. The number of anilines is 1. The fraction of sp³-hybridized carbons (Fsp3) is 0.105. The van der Waals surface area contributed by atoms with Gasteiger partial charge in [-0.05, 0) is 24.3 Å². The first-order valence-electron chi connectivity index (χ1n) is 7.81. The zero-order chi connectivity index (χ0) is 18.5. The first-order valence-corrected chi connectivity index (χ1v) is 7.81. The van der Waals surface area contributed by atoms with Gasteiger partial charge in [0.25, 0.3) is 11.5 Å². The van der Waals surface area contributed by atoms with Crippen molar-refractivity contribution < 1.29 is 14.3 Å². The van der Waals surface area contributed by atoms with Crippen molar-refractivity contribution in [1.82, 2.24) is 9.78 Å². The van der Waals surface area contributed by atoms with Crippen LogP contribution in [0, 0.1) is 0 Å². The second kappa shape index (κ2) is 7.52. The molecule has 0 aliphatic carbocycles. The Morgan fingerprint density at radius 3 is 2.46 bits per heavy atom. The quantitative estimate of drug-likeness (QED) is 0.764. The number of hydrogen-bond donors (Lipinski definition) is 1. The van der Waals surface area contributed by atoms with Gasteiger partial charge in [0.15, 0.2) is 11.4 Å². The Labute approximate surface area is 149 Å². The second-order valence-electron chi connectivity index (χ2n) is 5.33. The second-order valence-corrected chi connectivity index (χ2v) is 5.33. The Balaban J connectivity index is 2.00. The van der Waals surface area contributed by atoms with Crippen molar-refractivity contribution in [2.24, 2.45) is 0 Å². The predicted octanol–water partition coefficient (Wildman–Crippen LogP) is 2.50. The summed E-state index contributed by atoms with van der Waals surface area (Å²) in [4.78, 5) is 25.0. The average molecular weight is 351 g/mol. The van der Waals surface area contributed by atoms with E-state index < -0.39 is 11.5 Å². The zero-order valence-electron chi connectivity index (χ0n) is 14.3. The fourth-order valence-electron chi connectivity index (χ4n) is 2.40. The van der Waals surface area contributed by atoms with Crippen molar-refractivity contribution in [1.29, 1.82) is 0 Å². The molecule has 7 heteroatoms. The first kappa shape index (κ1) is 17.2. The lowest BCUT2D eigenvalue weighted by Gasteiger charge is -2.12. The van der Waals surface area contributed by atoms with Crippen LogP contribution in [0.1, 0.15) is 10.5 Å². The molecule has 1 aromatic heterocycles. The Morgan fingerprint density at radius 1 is 1.00 bits per heavy atom. The van der Waals surface area contributed by atoms with Crippen LogP contribution in [-0.2, 0) is 0 Å². The number of benzene rings is 2. The third kappa shape index (κ3) is 3.56. The smallest absolute Gasteiger partial charge is 0.280 e. The van der Waals surface area contributed by atoms with Crippen LogP contribution in [0.15, 0.2) is 65.5 Å². The number of amides is 1. The van der Waals surface area contributed by atoms with Gasteiger partial charge in [0.1, 0.15) is 5.75 Å². The summed E-state index contributed by atoms with van der Waals surface area (Å²) in [6, 6.07) is 17.0. The molecule has 0 spiro atoms. The fourth-order valence-corrected chi connectivity index (χ4v) is 2.40. The van der Waals surface area contributed by atoms with E-state index in [9.17, 15) is 9.59 Å². The lowest BCUT2D eigenvalue weighted by molar-refractivity contribution is 0.101. The predicted molar refractivity (Wildman–Crippen MR) is 97.3 cm³/mol. The summed E-state index contributed by atoms with van der Waals surface area (Å²) in [5.74, 6) is 0.208. The lowest BCUT2D eigenvalue weighted by Crippen LogP contribution is -2.26. The minimum atomic E-state index is -0.500. The van der Waals surface area contributed by atoms with E-state index in [0.717, 1.165) is 4.68 Å². The lowest BCUT2D eigenvalue weighted by atomic mass is 10.2. The molecule has 132 valence electrons. The Hall–Kier alpha value is -3.61. The normalized spacial score (nSPS) is 10.2. The number of methoxy groups -OCH3 is 2. The average Bonchev–Trinajstić information content (AvgIpc) is 2.68. The van der Waals surface area contributed by atoms with Crippen molar-refractivity contribution in [3.8, 4) is 17.2 Å². The van der Waals surface area contributed by atoms with Gasteiger partial charge in [-0.25, -0.2) is 0 Å². The third-order valence-corrected chi connectivity index (χ3v) is 3.66. The Morgan fingerprint density at radius 2 is 1.77 bits per heavy atom. The van der Waals surface area contributed by atoms with Gasteiger partial charge < -0.3 is 14.8 Å². The van der Waals surface area contributed by atoms with E-state index in [-0.39, 0.29) is 11.4 Å². The van der Waals surface area contributed by atoms with E-state index in [1.165, 1.54) is 13.2 Å². The first-order chi connectivity index (χ1) is 12.6. The summed E-state index contributed by atoms with van der Waals surface area (Å²) in [5, 5.41) is 6.92. The van der Waals surface area contributed by atoms with E-state index in [0.29, 0.717) is 17.1 Å². The summed E-state index contributed by atoms with van der Waals surface area (Å²) in [6.07, 6.45) is 0. The molecule has 1 N–H and O–H groups in total. The number of hydrogen-bond acceptors (Lipinski definition) is 5. The van der Waals surface area contributed by atoms with Crippen LogP contribution in [0.4, 0.5) is 5.69 Å². The maximum Gasteiger partial charge on any atom is 0.280 e. The molecule has 0 fully saturated rings. The third-order valence-electron chi connectivity index (χ3n) is 3.66. The van der Waals surface area contributed by atoms with Gasteiger partial charge >= 0.3 is 0 Å². The van der Waals surface area contributed by atoms with Gasteiger partial charge in [0.05, 0.1) is 26.0 Å². The molecular weight excluding hydrogens is 334 g/mol. The number of nitrogens with one attached hydrogen (secondary N) is 1. The molecule has 0 unspecified atom stereocenters. The molecular formula is C19H17N3O4. The van der Waals surface area contributed by atoms with Crippen molar-refractivity contribution in [3.63, 3.8) is 0 Å². The number of ether oxygens (including phenoxy) is 2. The molecule has 0 saturated carbocycles. The molecule has 0 radical (unpaired) electrons. The standard InChI is InChI=1S/C19H17N3O4/c1-25-15-10-6-7-13(11-15)20-19(24)18-16(26-2)12-17(23)22(21-18)14-8-4-3-5-9-14/h3-12H,1-2H3,(H,20,24). The van der Waals surface area contributed by atoms with Gasteiger partial charge in [0, 0.05) is 11.8 Å². The zero-order valence-corrected chi connectivity index (χ0v) is 14.3. The highest BCUT2D eigenvalue weighted by atomic mass is 16.5. The number of nitrogens with zero attached hydrogens (tertiary/aromatic N) is 2. The van der Waals surface area contributed by atoms with Crippen molar-refractivity contribution in [2.45, 2.75) is 0 Å². The van der Waals surface area contributed by atoms with Crippen LogP contribution in [0.25, 0.3) is 5.69 Å². The molecule has 7 nitrogen and oxygen atoms in total. The van der Waals surface area contributed by atoms with Crippen LogP contribution in [-0.4, -0.2) is 29.9 Å². The molecule has 1 amide bonds. The van der Waals surface area contributed by atoms with E-state index in [4.69, 9.17) is 9.47 Å². The monoisotopic (exact) mass is 351 g/mol. The highest BCUT2D eigenvalue weighted by Gasteiger charge is 2.18. The number of para-hydroxylation sites is 1. The maximum atomic E-state index is 12.7.